The number of aliphatic hydroxyl groups excluding tert-OH is 2. The average molecular weight is 416 g/mol. The minimum atomic E-state index is -1.63. The molecule has 0 heterocycles. The molecule has 0 rings (SSSR count). The number of carbonyl (C=O) groups excluding carboxylic acids is 2. The van der Waals surface area contributed by atoms with Crippen LogP contribution in [0.25, 0.3) is 0 Å². The smallest absolute Gasteiger partial charge is 0.337 e. The summed E-state index contributed by atoms with van der Waals surface area (Å²) in [6.07, 6.45) is 16.6. The Kier molecular flexibility index (Phi) is 19.4. The Balaban J connectivity index is 3.36. The van der Waals surface area contributed by atoms with E-state index in [1.165, 1.54) is 77.0 Å². The van der Waals surface area contributed by atoms with Gasteiger partial charge in [0.15, 0.2) is 6.10 Å². The maximum absolute atomic E-state index is 11.7. The van der Waals surface area contributed by atoms with E-state index in [0.717, 1.165) is 26.4 Å². The molecule has 172 valence electrons. The van der Waals surface area contributed by atoms with Crippen LogP contribution in [0.4, 0.5) is 0 Å². The van der Waals surface area contributed by atoms with Crippen LogP contribution in [0.5, 0.6) is 0 Å². The Morgan fingerprint density at radius 1 is 0.759 bits per heavy atom. The molecule has 1 amide bonds. The summed E-state index contributed by atoms with van der Waals surface area (Å²) in [5, 5.41) is 21.6. The Bertz CT molecular complexity index is 403. The monoisotopic (exact) mass is 415 g/mol. The molecule has 0 saturated carbocycles. The number of hydrogen-bond donors (Lipinski definition) is 3. The minimum Gasteiger partial charge on any atom is -0.467 e. The topological polar surface area (TPSA) is 95.9 Å². The predicted molar refractivity (Wildman–Crippen MR) is 117 cm³/mol. The van der Waals surface area contributed by atoms with Crippen LogP contribution in [-0.2, 0) is 14.3 Å². The quantitative estimate of drug-likeness (QED) is 0.204. The standard InChI is InChI=1S/C23H45NO5/c1-3-4-5-6-7-8-9-10-11-12-13-14-15-16-17-18-21(26)24-19-20(25)22(27)23(28)29-2/h20,22,25,27H,3-19H2,1-2H3,(H,24,26). The van der Waals surface area contributed by atoms with Gasteiger partial charge in [0.25, 0.3) is 0 Å². The molecule has 0 aliphatic carbocycles. The molecule has 0 aliphatic heterocycles. The molecular formula is C23H45NO5. The third kappa shape index (κ3) is 17.4. The van der Waals surface area contributed by atoms with Gasteiger partial charge in [-0.15, -0.1) is 0 Å². The number of amides is 1. The number of methoxy groups -OCH3 is 1. The van der Waals surface area contributed by atoms with E-state index in [4.69, 9.17) is 0 Å². The maximum atomic E-state index is 11.7. The fourth-order valence-electron chi connectivity index (χ4n) is 3.35. The Morgan fingerprint density at radius 3 is 1.59 bits per heavy atom. The largest absolute Gasteiger partial charge is 0.467 e. The van der Waals surface area contributed by atoms with Crippen LogP contribution in [0, 0.1) is 0 Å². The van der Waals surface area contributed by atoms with Crippen LogP contribution in [0.2, 0.25) is 0 Å². The van der Waals surface area contributed by atoms with Gasteiger partial charge in [-0.2, -0.15) is 0 Å². The van der Waals surface area contributed by atoms with E-state index in [1.54, 1.807) is 0 Å². The molecule has 3 N–H and O–H groups in total. The van der Waals surface area contributed by atoms with Crippen molar-refractivity contribution in [3.8, 4) is 0 Å². The van der Waals surface area contributed by atoms with E-state index in [1.807, 2.05) is 0 Å². The molecule has 2 unspecified atom stereocenters. The third-order valence-corrected chi connectivity index (χ3v) is 5.32. The van der Waals surface area contributed by atoms with Crippen molar-refractivity contribution < 1.29 is 24.5 Å². The van der Waals surface area contributed by atoms with Crippen LogP contribution >= 0.6 is 0 Å². The van der Waals surface area contributed by atoms with Gasteiger partial charge >= 0.3 is 5.97 Å². The number of nitrogens with one attached hydrogen (secondary N) is 1. The Hall–Kier alpha value is -1.14. The summed E-state index contributed by atoms with van der Waals surface area (Å²) in [5.41, 5.74) is 0. The fourth-order valence-corrected chi connectivity index (χ4v) is 3.35. The molecule has 6 nitrogen and oxygen atoms in total. The number of aliphatic hydroxyl groups is 2. The highest BCUT2D eigenvalue weighted by Crippen LogP contribution is 2.13. The summed E-state index contributed by atoms with van der Waals surface area (Å²) in [6, 6.07) is 0. The van der Waals surface area contributed by atoms with Gasteiger partial charge in [-0.3, -0.25) is 4.79 Å². The highest BCUT2D eigenvalue weighted by molar-refractivity contribution is 5.77. The normalized spacial score (nSPS) is 13.1. The van der Waals surface area contributed by atoms with E-state index in [0.29, 0.717) is 6.42 Å². The zero-order valence-electron chi connectivity index (χ0n) is 18.8. The number of ether oxygens (including phenoxy) is 1. The highest BCUT2D eigenvalue weighted by atomic mass is 16.5. The van der Waals surface area contributed by atoms with Gasteiger partial charge in [0, 0.05) is 13.0 Å². The molecule has 29 heavy (non-hydrogen) atoms. The van der Waals surface area contributed by atoms with E-state index < -0.39 is 18.2 Å². The van der Waals surface area contributed by atoms with E-state index >= 15 is 0 Å². The third-order valence-electron chi connectivity index (χ3n) is 5.32. The van der Waals surface area contributed by atoms with Crippen molar-refractivity contribution in [2.24, 2.45) is 0 Å². The maximum Gasteiger partial charge on any atom is 0.337 e. The number of carbonyl (C=O) groups is 2. The summed E-state index contributed by atoms with van der Waals surface area (Å²) in [6.45, 7) is 2.10. The van der Waals surface area contributed by atoms with Crippen molar-refractivity contribution in [1.82, 2.24) is 5.32 Å². The Labute approximate surface area is 177 Å². The number of hydrogen-bond acceptors (Lipinski definition) is 5. The molecule has 0 aliphatic rings. The molecular weight excluding hydrogens is 370 g/mol. The van der Waals surface area contributed by atoms with Crippen molar-refractivity contribution in [2.45, 2.75) is 122 Å². The molecule has 6 heteroatoms. The summed E-state index contributed by atoms with van der Waals surface area (Å²) >= 11 is 0. The minimum absolute atomic E-state index is 0.159. The molecule has 0 fully saturated rings. The van der Waals surface area contributed by atoms with Crippen molar-refractivity contribution in [3.63, 3.8) is 0 Å². The summed E-state index contributed by atoms with van der Waals surface area (Å²) in [5.74, 6) is -1.08. The first-order chi connectivity index (χ1) is 14.0. The van der Waals surface area contributed by atoms with Gasteiger partial charge in [0.05, 0.1) is 7.11 Å². The lowest BCUT2D eigenvalue weighted by molar-refractivity contribution is -0.156. The zero-order valence-corrected chi connectivity index (χ0v) is 18.8. The molecule has 0 aromatic carbocycles. The molecule has 0 bridgehead atoms. The second-order valence-electron chi connectivity index (χ2n) is 8.04. The molecule has 0 aromatic rings. The average Bonchev–Trinajstić information content (AvgIpc) is 2.73. The Morgan fingerprint density at radius 2 is 1.17 bits per heavy atom. The van der Waals surface area contributed by atoms with E-state index in [2.05, 4.69) is 17.0 Å². The fraction of sp³-hybridized carbons (Fsp3) is 0.913. The summed E-state index contributed by atoms with van der Waals surface area (Å²) in [7, 11) is 1.13. The number of unbranched alkanes of at least 4 members (excludes halogenated alkanes) is 14. The summed E-state index contributed by atoms with van der Waals surface area (Å²) in [4.78, 5) is 22.8. The van der Waals surface area contributed by atoms with Crippen molar-refractivity contribution in [2.75, 3.05) is 13.7 Å². The van der Waals surface area contributed by atoms with Crippen LogP contribution in [0.1, 0.15) is 110 Å². The second kappa shape index (κ2) is 20.1. The van der Waals surface area contributed by atoms with Gasteiger partial charge < -0.3 is 20.3 Å². The van der Waals surface area contributed by atoms with Crippen molar-refractivity contribution >= 4 is 11.9 Å². The number of rotatable bonds is 20. The highest BCUT2D eigenvalue weighted by Gasteiger charge is 2.25. The van der Waals surface area contributed by atoms with Crippen LogP contribution in [0.15, 0.2) is 0 Å². The van der Waals surface area contributed by atoms with E-state index in [-0.39, 0.29) is 12.5 Å². The van der Waals surface area contributed by atoms with Crippen LogP contribution < -0.4 is 5.32 Å². The van der Waals surface area contributed by atoms with Gasteiger partial charge in [-0.25, -0.2) is 4.79 Å². The lowest BCUT2D eigenvalue weighted by Crippen LogP contribution is -2.43. The SMILES string of the molecule is CCCCCCCCCCCCCCCCCC(=O)NCC(O)C(O)C(=O)OC. The van der Waals surface area contributed by atoms with Gasteiger partial charge in [-0.1, -0.05) is 96.8 Å². The van der Waals surface area contributed by atoms with Crippen LogP contribution in [-0.4, -0.2) is 48.0 Å². The summed E-state index contributed by atoms with van der Waals surface area (Å²) < 4.78 is 4.34. The zero-order chi connectivity index (χ0) is 21.7. The van der Waals surface area contributed by atoms with Crippen molar-refractivity contribution in [3.05, 3.63) is 0 Å². The lowest BCUT2D eigenvalue weighted by Gasteiger charge is -2.16. The lowest BCUT2D eigenvalue weighted by atomic mass is 10.0. The number of esters is 1. The molecule has 0 spiro atoms. The van der Waals surface area contributed by atoms with Crippen molar-refractivity contribution in [1.29, 1.82) is 0 Å². The molecule has 0 aromatic heterocycles. The van der Waals surface area contributed by atoms with E-state index in [9.17, 15) is 19.8 Å². The first kappa shape index (κ1) is 27.9. The first-order valence-electron chi connectivity index (χ1n) is 11.7. The van der Waals surface area contributed by atoms with Gasteiger partial charge in [-0.05, 0) is 6.42 Å². The second-order valence-corrected chi connectivity index (χ2v) is 8.04. The molecule has 0 saturated heterocycles. The van der Waals surface area contributed by atoms with Gasteiger partial charge in [0.2, 0.25) is 5.91 Å². The van der Waals surface area contributed by atoms with Gasteiger partial charge in [0.1, 0.15) is 6.10 Å². The molecule has 0 radical (unpaired) electrons. The predicted octanol–water partition coefficient (Wildman–Crippen LogP) is 4.26. The first-order valence-corrected chi connectivity index (χ1v) is 11.7. The van der Waals surface area contributed by atoms with Crippen LogP contribution in [0.3, 0.4) is 0 Å². The molecule has 2 atom stereocenters.